The molecule has 5 rings (SSSR count). The highest BCUT2D eigenvalue weighted by atomic mass is 16.2. The van der Waals surface area contributed by atoms with Crippen LogP contribution in [0.5, 0.6) is 0 Å². The maximum atomic E-state index is 12.7. The van der Waals surface area contributed by atoms with E-state index >= 15 is 0 Å². The molecule has 1 atom stereocenters. The monoisotopic (exact) mass is 445 g/mol. The number of amides is 2. The number of aromatic amines is 1. The third-order valence-corrected chi connectivity index (χ3v) is 6.81. The average Bonchev–Trinajstić information content (AvgIpc) is 3.44. The molecule has 1 aliphatic heterocycles. The fraction of sp³-hybridized carbons (Fsp3) is 0.423. The normalized spacial score (nSPS) is 18.0. The van der Waals surface area contributed by atoms with E-state index in [0.29, 0.717) is 30.5 Å². The molecule has 7 heteroatoms. The molecule has 1 unspecified atom stereocenters. The van der Waals surface area contributed by atoms with Crippen molar-refractivity contribution in [3.8, 4) is 0 Å². The first kappa shape index (κ1) is 21.6. The average molecular weight is 446 g/mol. The molecule has 0 spiro atoms. The Balaban J connectivity index is 1.24. The minimum absolute atomic E-state index is 0.0716. The molecule has 172 valence electrons. The number of benzene rings is 1. The van der Waals surface area contributed by atoms with E-state index in [9.17, 15) is 9.59 Å². The molecule has 3 aromatic rings. The second-order valence-electron chi connectivity index (χ2n) is 9.06. The molecule has 2 aromatic heterocycles. The highest BCUT2D eigenvalue weighted by Crippen LogP contribution is 2.35. The van der Waals surface area contributed by atoms with Gasteiger partial charge in [-0.25, -0.2) is 0 Å². The van der Waals surface area contributed by atoms with Crippen molar-refractivity contribution >= 4 is 22.7 Å². The van der Waals surface area contributed by atoms with Gasteiger partial charge in [-0.2, -0.15) is 0 Å². The molecule has 1 fully saturated rings. The third-order valence-electron chi connectivity index (χ3n) is 6.81. The number of H-pyrrole nitrogens is 1. The van der Waals surface area contributed by atoms with Crippen LogP contribution in [-0.2, 0) is 17.8 Å². The van der Waals surface area contributed by atoms with Gasteiger partial charge in [0.25, 0.3) is 5.91 Å². The molecule has 1 aliphatic carbocycles. The number of nitrogens with zero attached hydrogens (tertiary/aromatic N) is 2. The molecule has 0 radical (unpaired) electrons. The fourth-order valence-electron chi connectivity index (χ4n) is 5.08. The Kier molecular flexibility index (Phi) is 6.39. The van der Waals surface area contributed by atoms with Crippen LogP contribution in [0, 0.1) is 0 Å². The molecule has 1 saturated heterocycles. The summed E-state index contributed by atoms with van der Waals surface area (Å²) in [5.74, 6) is 0.225. The number of rotatable bonds is 8. The summed E-state index contributed by atoms with van der Waals surface area (Å²) in [5.41, 5.74) is 5.32. The SMILES string of the molecule is O=C(NCc1cccnc1)c1ccc2[nH]c3c(c2c1)CCCC3NCCCN1CCCC1=O. The van der Waals surface area contributed by atoms with Crippen molar-refractivity contribution in [2.24, 2.45) is 0 Å². The van der Waals surface area contributed by atoms with Crippen LogP contribution in [0.4, 0.5) is 0 Å². The van der Waals surface area contributed by atoms with Crippen molar-refractivity contribution in [1.29, 1.82) is 0 Å². The Labute approximate surface area is 194 Å². The number of fused-ring (bicyclic) bond motifs is 3. The largest absolute Gasteiger partial charge is 0.357 e. The van der Waals surface area contributed by atoms with Crippen molar-refractivity contribution in [2.45, 2.75) is 51.1 Å². The molecule has 0 saturated carbocycles. The van der Waals surface area contributed by atoms with E-state index in [-0.39, 0.29) is 5.91 Å². The second-order valence-corrected chi connectivity index (χ2v) is 9.06. The molecular formula is C26H31N5O2. The van der Waals surface area contributed by atoms with Gasteiger partial charge in [0.15, 0.2) is 0 Å². The summed E-state index contributed by atoms with van der Waals surface area (Å²) in [6.45, 7) is 3.11. The zero-order valence-corrected chi connectivity index (χ0v) is 18.9. The number of nitrogens with one attached hydrogen (secondary N) is 3. The number of aromatic nitrogens is 2. The molecular weight excluding hydrogens is 414 g/mol. The van der Waals surface area contributed by atoms with Gasteiger partial charge >= 0.3 is 0 Å². The zero-order chi connectivity index (χ0) is 22.6. The van der Waals surface area contributed by atoms with Crippen LogP contribution in [0.25, 0.3) is 10.9 Å². The van der Waals surface area contributed by atoms with Gasteiger partial charge in [0.05, 0.1) is 0 Å². The molecule has 1 aromatic carbocycles. The number of hydrogen-bond donors (Lipinski definition) is 3. The Hall–Kier alpha value is -3.19. The Morgan fingerprint density at radius 1 is 1.21 bits per heavy atom. The van der Waals surface area contributed by atoms with Gasteiger partial charge < -0.3 is 20.5 Å². The lowest BCUT2D eigenvalue weighted by atomic mass is 9.91. The first-order valence-corrected chi connectivity index (χ1v) is 12.0. The van der Waals surface area contributed by atoms with E-state index in [1.165, 1.54) is 11.3 Å². The predicted octanol–water partition coefficient (Wildman–Crippen LogP) is 3.47. The third kappa shape index (κ3) is 4.78. The van der Waals surface area contributed by atoms with Crippen molar-refractivity contribution in [2.75, 3.05) is 19.6 Å². The molecule has 0 bridgehead atoms. The van der Waals surface area contributed by atoms with Gasteiger partial charge in [0.2, 0.25) is 5.91 Å². The van der Waals surface area contributed by atoms with Crippen LogP contribution in [-0.4, -0.2) is 46.3 Å². The van der Waals surface area contributed by atoms with E-state index in [0.717, 1.165) is 68.2 Å². The van der Waals surface area contributed by atoms with Crippen molar-refractivity contribution in [3.05, 3.63) is 65.1 Å². The Bertz CT molecular complexity index is 1140. The van der Waals surface area contributed by atoms with Crippen LogP contribution in [0.15, 0.2) is 42.7 Å². The number of aryl methyl sites for hydroxylation is 1. The molecule has 7 nitrogen and oxygen atoms in total. The van der Waals surface area contributed by atoms with Gasteiger partial charge in [-0.05, 0) is 74.0 Å². The van der Waals surface area contributed by atoms with Gasteiger partial charge in [-0.3, -0.25) is 14.6 Å². The fourth-order valence-corrected chi connectivity index (χ4v) is 5.08. The van der Waals surface area contributed by atoms with Crippen LogP contribution in [0.3, 0.4) is 0 Å². The van der Waals surface area contributed by atoms with Crippen LogP contribution >= 0.6 is 0 Å². The number of carbonyl (C=O) groups is 2. The molecule has 3 heterocycles. The maximum Gasteiger partial charge on any atom is 0.251 e. The highest BCUT2D eigenvalue weighted by Gasteiger charge is 2.25. The summed E-state index contributed by atoms with van der Waals surface area (Å²) in [6, 6.07) is 10.0. The van der Waals surface area contributed by atoms with E-state index in [1.807, 2.05) is 35.2 Å². The van der Waals surface area contributed by atoms with Crippen LogP contribution < -0.4 is 10.6 Å². The van der Waals surface area contributed by atoms with Crippen molar-refractivity contribution in [1.82, 2.24) is 25.5 Å². The number of hydrogen-bond acceptors (Lipinski definition) is 4. The standard InChI is InChI=1S/C26H31N5O2/c32-24-8-3-13-31(24)14-4-12-28-23-7-1-6-20-21-15-19(9-10-22(21)30-25(20)23)26(33)29-17-18-5-2-11-27-16-18/h2,5,9-11,15-16,23,28,30H,1,3-4,6-8,12-14,17H2,(H,29,33). The minimum Gasteiger partial charge on any atom is -0.357 e. The van der Waals surface area contributed by atoms with E-state index < -0.39 is 0 Å². The summed E-state index contributed by atoms with van der Waals surface area (Å²) in [6.07, 6.45) is 9.41. The molecule has 2 aliphatic rings. The van der Waals surface area contributed by atoms with E-state index in [1.54, 1.807) is 12.4 Å². The van der Waals surface area contributed by atoms with Gasteiger partial charge in [-0.1, -0.05) is 6.07 Å². The highest BCUT2D eigenvalue weighted by molar-refractivity contribution is 5.99. The molecule has 2 amide bonds. The number of likely N-dealkylation sites (tertiary alicyclic amines) is 1. The summed E-state index contributed by atoms with van der Waals surface area (Å²) >= 11 is 0. The maximum absolute atomic E-state index is 12.7. The first-order valence-electron chi connectivity index (χ1n) is 12.0. The lowest BCUT2D eigenvalue weighted by Gasteiger charge is -2.24. The smallest absolute Gasteiger partial charge is 0.251 e. The van der Waals surface area contributed by atoms with Gasteiger partial charge in [0, 0.05) is 66.7 Å². The number of pyridine rings is 1. The zero-order valence-electron chi connectivity index (χ0n) is 18.9. The van der Waals surface area contributed by atoms with E-state index in [4.69, 9.17) is 0 Å². The lowest BCUT2D eigenvalue weighted by Crippen LogP contribution is -2.31. The van der Waals surface area contributed by atoms with Crippen molar-refractivity contribution in [3.63, 3.8) is 0 Å². The van der Waals surface area contributed by atoms with Crippen LogP contribution in [0.2, 0.25) is 0 Å². The van der Waals surface area contributed by atoms with Crippen LogP contribution in [0.1, 0.15) is 65.3 Å². The Morgan fingerprint density at radius 2 is 2.15 bits per heavy atom. The number of carbonyl (C=O) groups excluding carboxylic acids is 2. The van der Waals surface area contributed by atoms with Gasteiger partial charge in [0.1, 0.15) is 0 Å². The van der Waals surface area contributed by atoms with Crippen molar-refractivity contribution < 1.29 is 9.59 Å². The Morgan fingerprint density at radius 3 is 2.97 bits per heavy atom. The lowest BCUT2D eigenvalue weighted by molar-refractivity contribution is -0.127. The molecule has 3 N–H and O–H groups in total. The minimum atomic E-state index is -0.0716. The first-order chi connectivity index (χ1) is 16.2. The van der Waals surface area contributed by atoms with Gasteiger partial charge in [-0.15, -0.1) is 0 Å². The summed E-state index contributed by atoms with van der Waals surface area (Å²) in [4.78, 5) is 34.2. The summed E-state index contributed by atoms with van der Waals surface area (Å²) in [7, 11) is 0. The summed E-state index contributed by atoms with van der Waals surface area (Å²) in [5, 5.41) is 7.84. The quantitative estimate of drug-likeness (QED) is 0.463. The second kappa shape index (κ2) is 9.75. The topological polar surface area (TPSA) is 90.1 Å². The predicted molar refractivity (Wildman–Crippen MR) is 128 cm³/mol. The van der Waals surface area contributed by atoms with E-state index in [2.05, 4.69) is 20.6 Å². The summed E-state index contributed by atoms with van der Waals surface area (Å²) < 4.78 is 0. The molecule has 33 heavy (non-hydrogen) atoms.